The van der Waals surface area contributed by atoms with Crippen molar-refractivity contribution in [2.75, 3.05) is 0 Å². The van der Waals surface area contributed by atoms with Crippen molar-refractivity contribution in [3.63, 3.8) is 0 Å². The fraction of sp³-hybridized carbons (Fsp3) is 0.600. The van der Waals surface area contributed by atoms with E-state index in [2.05, 4.69) is 34.2 Å². The van der Waals surface area contributed by atoms with Gasteiger partial charge in [-0.25, -0.2) is 9.97 Å². The van der Waals surface area contributed by atoms with Crippen LogP contribution >= 0.6 is 11.8 Å². The highest BCUT2D eigenvalue weighted by atomic mass is 32.2. The monoisotopic (exact) mass is 387 g/mol. The number of aromatic nitrogens is 4. The van der Waals surface area contributed by atoms with Gasteiger partial charge in [0.05, 0.1) is 5.69 Å². The van der Waals surface area contributed by atoms with Gasteiger partial charge in [0.2, 0.25) is 0 Å². The molecule has 2 aromatic heterocycles. The van der Waals surface area contributed by atoms with Gasteiger partial charge >= 0.3 is 0 Å². The van der Waals surface area contributed by atoms with Crippen molar-refractivity contribution < 1.29 is 4.79 Å². The van der Waals surface area contributed by atoms with E-state index in [-0.39, 0.29) is 11.9 Å². The molecule has 1 aliphatic rings. The standard InChI is InChI=1S/C20H29N5OS/c1-4-25-18(13-16(24-25)12-14(2)3)19(26)23-15-6-8-17(9-7-15)27-20-21-10-5-11-22-20/h5,10-11,13-15,17H,4,6-9,12H2,1-3H3,(H,23,26). The third-order valence-corrected chi connectivity index (χ3v) is 6.03. The molecule has 7 heteroatoms. The summed E-state index contributed by atoms with van der Waals surface area (Å²) < 4.78 is 1.82. The van der Waals surface area contributed by atoms with Crippen LogP contribution in [0.15, 0.2) is 29.7 Å². The van der Waals surface area contributed by atoms with Crippen molar-refractivity contribution in [1.29, 1.82) is 0 Å². The lowest BCUT2D eigenvalue weighted by molar-refractivity contribution is 0.0917. The zero-order valence-corrected chi connectivity index (χ0v) is 17.2. The van der Waals surface area contributed by atoms with E-state index < -0.39 is 0 Å². The largest absolute Gasteiger partial charge is 0.348 e. The van der Waals surface area contributed by atoms with Crippen LogP contribution in [0.3, 0.4) is 0 Å². The van der Waals surface area contributed by atoms with Crippen LogP contribution in [0.25, 0.3) is 0 Å². The van der Waals surface area contributed by atoms with E-state index in [9.17, 15) is 4.79 Å². The molecule has 2 heterocycles. The highest BCUT2D eigenvalue weighted by Gasteiger charge is 2.25. The van der Waals surface area contributed by atoms with Crippen molar-refractivity contribution in [2.24, 2.45) is 5.92 Å². The summed E-state index contributed by atoms with van der Waals surface area (Å²) in [6.07, 6.45) is 8.60. The molecule has 6 nitrogen and oxygen atoms in total. The van der Waals surface area contributed by atoms with Gasteiger partial charge < -0.3 is 5.32 Å². The Hall–Kier alpha value is -1.89. The molecule has 1 saturated carbocycles. The summed E-state index contributed by atoms with van der Waals surface area (Å²) in [5.41, 5.74) is 1.68. The minimum Gasteiger partial charge on any atom is -0.348 e. The van der Waals surface area contributed by atoms with E-state index in [0.717, 1.165) is 43.0 Å². The summed E-state index contributed by atoms with van der Waals surface area (Å²) in [5, 5.41) is 9.17. The van der Waals surface area contributed by atoms with E-state index in [0.29, 0.717) is 23.4 Å². The average Bonchev–Trinajstić information content (AvgIpc) is 3.06. The lowest BCUT2D eigenvalue weighted by Crippen LogP contribution is -2.39. The number of rotatable bonds is 7. The minimum atomic E-state index is 0.00171. The molecule has 0 aliphatic heterocycles. The Morgan fingerprint density at radius 2 is 1.96 bits per heavy atom. The molecule has 1 fully saturated rings. The number of carbonyl (C=O) groups is 1. The molecule has 2 aromatic rings. The van der Waals surface area contributed by atoms with Gasteiger partial charge in [0, 0.05) is 30.2 Å². The van der Waals surface area contributed by atoms with Crippen LogP contribution < -0.4 is 5.32 Å². The van der Waals surface area contributed by atoms with E-state index in [1.807, 2.05) is 23.7 Å². The molecular formula is C20H29N5OS. The molecule has 0 atom stereocenters. The van der Waals surface area contributed by atoms with Crippen molar-refractivity contribution >= 4 is 17.7 Å². The second-order valence-corrected chi connectivity index (χ2v) is 8.80. The topological polar surface area (TPSA) is 72.7 Å². The summed E-state index contributed by atoms with van der Waals surface area (Å²) in [6.45, 7) is 7.07. The Bertz CT molecular complexity index is 738. The molecule has 0 bridgehead atoms. The predicted molar refractivity (Wildman–Crippen MR) is 108 cm³/mol. The van der Waals surface area contributed by atoms with Crippen LogP contribution in [0.4, 0.5) is 0 Å². The Morgan fingerprint density at radius 1 is 1.26 bits per heavy atom. The SMILES string of the molecule is CCn1nc(CC(C)C)cc1C(=O)NC1CCC(Sc2ncccn2)CC1. The molecule has 27 heavy (non-hydrogen) atoms. The van der Waals surface area contributed by atoms with E-state index in [4.69, 9.17) is 0 Å². The van der Waals surface area contributed by atoms with Gasteiger partial charge in [-0.2, -0.15) is 5.10 Å². The molecule has 0 saturated heterocycles. The fourth-order valence-electron chi connectivity index (χ4n) is 3.49. The predicted octanol–water partition coefficient (Wildman–Crippen LogP) is 3.72. The minimum absolute atomic E-state index is 0.00171. The zero-order valence-electron chi connectivity index (χ0n) is 16.4. The van der Waals surface area contributed by atoms with Gasteiger partial charge in [-0.1, -0.05) is 25.6 Å². The van der Waals surface area contributed by atoms with Crippen LogP contribution in [0.5, 0.6) is 0 Å². The maximum absolute atomic E-state index is 12.8. The highest BCUT2D eigenvalue weighted by molar-refractivity contribution is 7.99. The van der Waals surface area contributed by atoms with Crippen LogP contribution in [-0.2, 0) is 13.0 Å². The lowest BCUT2D eigenvalue weighted by Gasteiger charge is -2.28. The van der Waals surface area contributed by atoms with Gasteiger partial charge in [0.15, 0.2) is 5.16 Å². The zero-order chi connectivity index (χ0) is 19.2. The molecular weight excluding hydrogens is 358 g/mol. The second-order valence-electron chi connectivity index (χ2n) is 7.53. The van der Waals surface area contributed by atoms with Crippen LogP contribution in [0.2, 0.25) is 0 Å². The Balaban J connectivity index is 1.53. The summed E-state index contributed by atoms with van der Waals surface area (Å²) in [4.78, 5) is 21.4. The van der Waals surface area contributed by atoms with Crippen molar-refractivity contribution in [3.8, 4) is 0 Å². The maximum atomic E-state index is 12.8. The normalized spacial score (nSPS) is 20.0. The molecule has 1 N–H and O–H groups in total. The Morgan fingerprint density at radius 3 is 2.59 bits per heavy atom. The average molecular weight is 388 g/mol. The Labute approximate surface area is 165 Å². The fourth-order valence-corrected chi connectivity index (χ4v) is 4.54. The first-order chi connectivity index (χ1) is 13.0. The summed E-state index contributed by atoms with van der Waals surface area (Å²) >= 11 is 1.75. The lowest BCUT2D eigenvalue weighted by atomic mass is 9.95. The van der Waals surface area contributed by atoms with Gasteiger partial charge in [0.1, 0.15) is 5.69 Å². The van der Waals surface area contributed by atoms with Gasteiger partial charge in [-0.05, 0) is 57.1 Å². The molecule has 146 valence electrons. The van der Waals surface area contributed by atoms with Crippen molar-refractivity contribution in [1.82, 2.24) is 25.1 Å². The molecule has 0 radical (unpaired) electrons. The number of aryl methyl sites for hydroxylation is 1. The number of nitrogens with zero attached hydrogens (tertiary/aromatic N) is 4. The van der Waals surface area contributed by atoms with Gasteiger partial charge in [-0.15, -0.1) is 0 Å². The third kappa shape index (κ3) is 5.54. The molecule has 0 spiro atoms. The maximum Gasteiger partial charge on any atom is 0.269 e. The summed E-state index contributed by atoms with van der Waals surface area (Å²) in [5.74, 6) is 0.532. The molecule has 3 rings (SSSR count). The van der Waals surface area contributed by atoms with Crippen LogP contribution in [0.1, 0.15) is 62.6 Å². The van der Waals surface area contributed by atoms with E-state index in [1.165, 1.54) is 0 Å². The van der Waals surface area contributed by atoms with E-state index >= 15 is 0 Å². The van der Waals surface area contributed by atoms with Crippen molar-refractivity contribution in [3.05, 3.63) is 35.9 Å². The van der Waals surface area contributed by atoms with Crippen molar-refractivity contribution in [2.45, 2.75) is 75.9 Å². The summed E-state index contributed by atoms with van der Waals surface area (Å²) in [6, 6.07) is 4.02. The molecule has 1 amide bonds. The smallest absolute Gasteiger partial charge is 0.269 e. The Kier molecular flexibility index (Phi) is 6.88. The van der Waals surface area contributed by atoms with Gasteiger partial charge in [-0.3, -0.25) is 9.48 Å². The van der Waals surface area contributed by atoms with Gasteiger partial charge in [0.25, 0.3) is 5.91 Å². The summed E-state index contributed by atoms with van der Waals surface area (Å²) in [7, 11) is 0. The first-order valence-electron chi connectivity index (χ1n) is 9.86. The number of hydrogen-bond acceptors (Lipinski definition) is 5. The number of amides is 1. The second kappa shape index (κ2) is 9.35. The highest BCUT2D eigenvalue weighted by Crippen LogP contribution is 2.31. The quantitative estimate of drug-likeness (QED) is 0.733. The first-order valence-corrected chi connectivity index (χ1v) is 10.7. The number of carbonyl (C=O) groups excluding carboxylic acids is 1. The third-order valence-electron chi connectivity index (χ3n) is 4.80. The number of nitrogens with one attached hydrogen (secondary N) is 1. The molecule has 0 unspecified atom stereocenters. The number of hydrogen-bond donors (Lipinski definition) is 1. The van der Waals surface area contributed by atoms with Crippen LogP contribution in [-0.4, -0.2) is 36.9 Å². The molecule has 0 aromatic carbocycles. The van der Waals surface area contributed by atoms with Crippen LogP contribution in [0, 0.1) is 5.92 Å². The molecule has 1 aliphatic carbocycles. The first kappa shape index (κ1) is 19.9. The number of thioether (sulfide) groups is 1. The van der Waals surface area contributed by atoms with E-state index in [1.54, 1.807) is 24.2 Å².